The number of halogens is 2. The topological polar surface area (TPSA) is 96.0 Å². The van der Waals surface area contributed by atoms with E-state index < -0.39 is 21.9 Å². The van der Waals surface area contributed by atoms with Crippen molar-refractivity contribution < 1.29 is 27.1 Å². The van der Waals surface area contributed by atoms with Crippen LogP contribution in [0, 0.1) is 5.82 Å². The van der Waals surface area contributed by atoms with Crippen molar-refractivity contribution in [3.8, 4) is 5.75 Å². The van der Waals surface area contributed by atoms with E-state index in [0.717, 1.165) is 24.7 Å². The molecule has 0 aliphatic carbocycles. The molecule has 43 heavy (non-hydrogen) atoms. The number of carbonyl (C=O) groups is 2. The van der Waals surface area contributed by atoms with Crippen molar-refractivity contribution in [2.24, 2.45) is 0 Å². The first-order chi connectivity index (χ1) is 20.5. The van der Waals surface area contributed by atoms with E-state index in [1.807, 2.05) is 37.3 Å². The Labute approximate surface area is 258 Å². The zero-order chi connectivity index (χ0) is 31.4. The predicted octanol–water partition coefficient (Wildman–Crippen LogP) is 5.59. The molecule has 1 N–H and O–H groups in total. The Bertz CT molecular complexity index is 1460. The van der Waals surface area contributed by atoms with Gasteiger partial charge in [0.25, 0.3) is 0 Å². The molecule has 0 radical (unpaired) electrons. The highest BCUT2D eigenvalue weighted by Gasteiger charge is 2.30. The first kappa shape index (κ1) is 33.9. The zero-order valence-electron chi connectivity index (χ0n) is 24.8. The second kappa shape index (κ2) is 16.3. The van der Waals surface area contributed by atoms with E-state index in [1.165, 1.54) is 34.5 Å². The lowest BCUT2D eigenvalue weighted by molar-refractivity contribution is -0.141. The summed E-state index contributed by atoms with van der Waals surface area (Å²) in [7, 11) is -2.23. The van der Waals surface area contributed by atoms with Gasteiger partial charge in [0.05, 0.1) is 24.1 Å². The number of anilines is 1. The number of amides is 2. The summed E-state index contributed by atoms with van der Waals surface area (Å²) < 4.78 is 45.4. The molecule has 0 aliphatic heterocycles. The van der Waals surface area contributed by atoms with Crippen LogP contribution in [-0.4, -0.2) is 57.6 Å². The quantitative estimate of drug-likeness (QED) is 0.208. The van der Waals surface area contributed by atoms with E-state index in [4.69, 9.17) is 16.3 Å². The molecular formula is C32H39ClFN3O5S. The van der Waals surface area contributed by atoms with Crippen LogP contribution in [0.2, 0.25) is 5.02 Å². The van der Waals surface area contributed by atoms with E-state index in [0.29, 0.717) is 23.5 Å². The monoisotopic (exact) mass is 631 g/mol. The van der Waals surface area contributed by atoms with Gasteiger partial charge in [-0.3, -0.25) is 13.9 Å². The van der Waals surface area contributed by atoms with E-state index in [1.54, 1.807) is 24.3 Å². The third kappa shape index (κ3) is 10.2. The van der Waals surface area contributed by atoms with Crippen LogP contribution in [0.1, 0.15) is 43.7 Å². The minimum Gasteiger partial charge on any atom is -0.495 e. The fourth-order valence-electron chi connectivity index (χ4n) is 4.66. The zero-order valence-corrected chi connectivity index (χ0v) is 26.3. The van der Waals surface area contributed by atoms with Gasteiger partial charge in [-0.05, 0) is 54.3 Å². The largest absolute Gasteiger partial charge is 0.495 e. The summed E-state index contributed by atoms with van der Waals surface area (Å²) in [6, 6.07) is 19.1. The van der Waals surface area contributed by atoms with Crippen LogP contribution in [0.3, 0.4) is 0 Å². The second-order valence-electron chi connectivity index (χ2n) is 10.3. The van der Waals surface area contributed by atoms with E-state index in [9.17, 15) is 22.4 Å². The van der Waals surface area contributed by atoms with Crippen LogP contribution < -0.4 is 14.4 Å². The van der Waals surface area contributed by atoms with Crippen LogP contribution in [0.5, 0.6) is 5.75 Å². The number of nitrogens with zero attached hydrogens (tertiary/aromatic N) is 2. The number of carbonyl (C=O) groups excluding carboxylic acids is 2. The number of hydrogen-bond acceptors (Lipinski definition) is 5. The average molecular weight is 632 g/mol. The van der Waals surface area contributed by atoms with Gasteiger partial charge >= 0.3 is 0 Å². The molecule has 0 heterocycles. The maximum Gasteiger partial charge on any atom is 0.243 e. The molecule has 0 unspecified atom stereocenters. The normalized spacial score (nSPS) is 11.9. The molecule has 0 fully saturated rings. The van der Waals surface area contributed by atoms with Gasteiger partial charge in [-0.15, -0.1) is 0 Å². The predicted molar refractivity (Wildman–Crippen MR) is 168 cm³/mol. The number of benzene rings is 3. The molecular weight excluding hydrogens is 593 g/mol. The summed E-state index contributed by atoms with van der Waals surface area (Å²) in [4.78, 5) is 28.9. The number of sulfonamides is 1. The van der Waals surface area contributed by atoms with Crippen molar-refractivity contribution in [1.82, 2.24) is 10.2 Å². The summed E-state index contributed by atoms with van der Waals surface area (Å²) in [5.41, 5.74) is 1.90. The summed E-state index contributed by atoms with van der Waals surface area (Å²) in [5, 5.41) is 3.22. The first-order valence-electron chi connectivity index (χ1n) is 14.2. The fourth-order valence-corrected chi connectivity index (χ4v) is 5.87. The summed E-state index contributed by atoms with van der Waals surface area (Å²) in [6.07, 6.45) is 3.23. The van der Waals surface area contributed by atoms with Gasteiger partial charge in [0.2, 0.25) is 21.8 Å². The smallest absolute Gasteiger partial charge is 0.243 e. The molecule has 232 valence electrons. The Morgan fingerprint density at radius 2 is 1.70 bits per heavy atom. The van der Waals surface area contributed by atoms with Gasteiger partial charge in [0, 0.05) is 32.5 Å². The number of unbranched alkanes of at least 4 members (excludes halogenated alkanes) is 1. The molecule has 0 saturated carbocycles. The van der Waals surface area contributed by atoms with Crippen LogP contribution in [-0.2, 0) is 32.6 Å². The Hall–Kier alpha value is -3.63. The summed E-state index contributed by atoms with van der Waals surface area (Å²) >= 11 is 6.24. The minimum atomic E-state index is -3.70. The standard InChI is InChI=1S/C32H39ClFN3O5S/c1-4-5-19-35-32(39)29(21-24-10-7-6-8-11-24)36(23-25-13-15-26(34)16-14-25)31(38)12-9-20-37(43(3,40)41)27-17-18-30(42-2)28(33)22-27/h6-8,10-11,13-18,22,29H,4-5,9,12,19-21,23H2,1-3H3,(H,35,39)/t29-/m0/s1. The molecule has 3 aromatic carbocycles. The molecule has 3 aromatic rings. The third-order valence-electron chi connectivity index (χ3n) is 6.94. The third-order valence-corrected chi connectivity index (χ3v) is 8.43. The van der Waals surface area contributed by atoms with E-state index in [-0.39, 0.29) is 49.2 Å². The van der Waals surface area contributed by atoms with E-state index >= 15 is 0 Å². The van der Waals surface area contributed by atoms with Gasteiger partial charge in [-0.1, -0.05) is 67.4 Å². The Kier molecular flexibility index (Phi) is 12.8. The van der Waals surface area contributed by atoms with Crippen molar-refractivity contribution in [2.75, 3.05) is 30.8 Å². The SMILES string of the molecule is CCCCNC(=O)[C@H](Cc1ccccc1)N(Cc1ccc(F)cc1)C(=O)CCCN(c1ccc(OC)c(Cl)c1)S(C)(=O)=O. The highest BCUT2D eigenvalue weighted by molar-refractivity contribution is 7.92. The van der Waals surface area contributed by atoms with Crippen LogP contribution in [0.25, 0.3) is 0 Å². The molecule has 0 saturated heterocycles. The van der Waals surface area contributed by atoms with Gasteiger partial charge in [0.15, 0.2) is 0 Å². The van der Waals surface area contributed by atoms with E-state index in [2.05, 4.69) is 5.32 Å². The second-order valence-corrected chi connectivity index (χ2v) is 12.6. The van der Waals surface area contributed by atoms with Gasteiger partial charge in [-0.2, -0.15) is 0 Å². The Morgan fingerprint density at radius 3 is 2.30 bits per heavy atom. The number of methoxy groups -OCH3 is 1. The lowest BCUT2D eigenvalue weighted by Gasteiger charge is -2.32. The van der Waals surface area contributed by atoms with Crippen molar-refractivity contribution in [2.45, 2.75) is 51.6 Å². The van der Waals surface area contributed by atoms with Gasteiger partial charge < -0.3 is 15.0 Å². The number of ether oxygens (including phenoxy) is 1. The number of nitrogens with one attached hydrogen (secondary N) is 1. The minimum absolute atomic E-state index is 0.0175. The van der Waals surface area contributed by atoms with Gasteiger partial charge in [-0.25, -0.2) is 12.8 Å². The highest BCUT2D eigenvalue weighted by Crippen LogP contribution is 2.30. The lowest BCUT2D eigenvalue weighted by Crippen LogP contribution is -2.50. The first-order valence-corrected chi connectivity index (χ1v) is 16.4. The molecule has 0 bridgehead atoms. The Morgan fingerprint density at radius 1 is 1.00 bits per heavy atom. The van der Waals surface area contributed by atoms with Crippen molar-refractivity contribution in [3.63, 3.8) is 0 Å². The molecule has 2 amide bonds. The molecule has 8 nitrogen and oxygen atoms in total. The molecule has 0 aliphatic rings. The Balaban J connectivity index is 1.87. The molecule has 0 aromatic heterocycles. The highest BCUT2D eigenvalue weighted by atomic mass is 35.5. The molecule has 0 spiro atoms. The number of rotatable bonds is 16. The van der Waals surface area contributed by atoms with Crippen molar-refractivity contribution in [3.05, 3.63) is 94.8 Å². The van der Waals surface area contributed by atoms with Crippen LogP contribution in [0.15, 0.2) is 72.8 Å². The van der Waals surface area contributed by atoms with Crippen molar-refractivity contribution >= 4 is 39.1 Å². The van der Waals surface area contributed by atoms with Crippen LogP contribution >= 0.6 is 11.6 Å². The summed E-state index contributed by atoms with van der Waals surface area (Å²) in [6.45, 7) is 2.61. The maximum absolute atomic E-state index is 13.9. The van der Waals surface area contributed by atoms with Crippen LogP contribution in [0.4, 0.5) is 10.1 Å². The van der Waals surface area contributed by atoms with Gasteiger partial charge in [0.1, 0.15) is 17.6 Å². The molecule has 11 heteroatoms. The number of hydrogen-bond donors (Lipinski definition) is 1. The van der Waals surface area contributed by atoms with Crippen molar-refractivity contribution in [1.29, 1.82) is 0 Å². The average Bonchev–Trinajstić information content (AvgIpc) is 2.98. The fraction of sp³-hybridized carbons (Fsp3) is 0.375. The lowest BCUT2D eigenvalue weighted by atomic mass is 10.0. The molecule has 1 atom stereocenters. The maximum atomic E-state index is 13.9. The molecule has 3 rings (SSSR count). The summed E-state index contributed by atoms with van der Waals surface area (Å²) in [5.74, 6) is -0.595.